The van der Waals surface area contributed by atoms with Gasteiger partial charge in [-0.05, 0) is 36.3 Å². The Kier molecular flexibility index (Phi) is 5.50. The highest BCUT2D eigenvalue weighted by Gasteiger charge is 2.21. The number of aryl methyl sites for hydroxylation is 1. The quantitative estimate of drug-likeness (QED) is 0.832. The van der Waals surface area contributed by atoms with Gasteiger partial charge in [-0.2, -0.15) is 23.1 Å². The lowest BCUT2D eigenvalue weighted by Crippen LogP contribution is -2.41. The fourth-order valence-corrected chi connectivity index (χ4v) is 2.62. The van der Waals surface area contributed by atoms with Crippen molar-refractivity contribution >= 4 is 35.0 Å². The minimum atomic E-state index is -0.986. The summed E-state index contributed by atoms with van der Waals surface area (Å²) in [4.78, 5) is 22.8. The lowest BCUT2D eigenvalue weighted by Gasteiger charge is -2.13. The number of carbonyl (C=O) groups excluding carboxylic acids is 1. The van der Waals surface area contributed by atoms with Crippen molar-refractivity contribution in [1.82, 2.24) is 5.32 Å². The van der Waals surface area contributed by atoms with E-state index in [1.165, 1.54) is 11.3 Å². The van der Waals surface area contributed by atoms with Crippen LogP contribution in [0.1, 0.15) is 22.3 Å². The number of carboxylic acid groups (broad SMARTS) is 1. The second kappa shape index (κ2) is 6.66. The van der Waals surface area contributed by atoms with E-state index in [1.54, 1.807) is 17.1 Å². The average Bonchev–Trinajstić information content (AvgIpc) is 2.70. The van der Waals surface area contributed by atoms with Gasteiger partial charge >= 0.3 is 5.97 Å². The molecule has 17 heavy (non-hydrogen) atoms. The predicted molar refractivity (Wildman–Crippen MR) is 70.9 cm³/mol. The summed E-state index contributed by atoms with van der Waals surface area (Å²) in [5.41, 5.74) is 1.44. The van der Waals surface area contributed by atoms with Gasteiger partial charge in [0, 0.05) is 5.38 Å². The summed E-state index contributed by atoms with van der Waals surface area (Å²) in [5, 5.41) is 15.1. The molecule has 0 aliphatic carbocycles. The summed E-state index contributed by atoms with van der Waals surface area (Å²) < 4.78 is 0. The summed E-state index contributed by atoms with van der Waals surface area (Å²) in [6.45, 7) is 1.84. The van der Waals surface area contributed by atoms with Gasteiger partial charge in [0.2, 0.25) is 0 Å². The van der Waals surface area contributed by atoms with Gasteiger partial charge in [-0.25, -0.2) is 4.79 Å². The van der Waals surface area contributed by atoms with E-state index in [0.29, 0.717) is 17.7 Å². The molecule has 0 aliphatic rings. The van der Waals surface area contributed by atoms with E-state index in [0.717, 1.165) is 5.56 Å². The van der Waals surface area contributed by atoms with E-state index in [-0.39, 0.29) is 5.91 Å². The number of carboxylic acids is 1. The summed E-state index contributed by atoms with van der Waals surface area (Å²) in [6.07, 6.45) is 2.34. The number of amides is 1. The minimum absolute atomic E-state index is 0.308. The van der Waals surface area contributed by atoms with Crippen LogP contribution >= 0.6 is 23.1 Å². The molecule has 1 rings (SSSR count). The van der Waals surface area contributed by atoms with Crippen LogP contribution in [0.5, 0.6) is 0 Å². The second-order valence-corrected chi connectivity index (χ2v) is 5.34. The Morgan fingerprint density at radius 1 is 1.53 bits per heavy atom. The number of nitrogens with one attached hydrogen (secondary N) is 1. The molecule has 94 valence electrons. The molecule has 1 amide bonds. The average molecular weight is 273 g/mol. The molecule has 0 fully saturated rings. The van der Waals surface area contributed by atoms with Gasteiger partial charge in [-0.15, -0.1) is 0 Å². The zero-order chi connectivity index (χ0) is 12.8. The van der Waals surface area contributed by atoms with Gasteiger partial charge in [0.15, 0.2) is 0 Å². The molecule has 1 aromatic heterocycles. The Bertz CT molecular complexity index is 403. The Morgan fingerprint density at radius 2 is 2.24 bits per heavy atom. The van der Waals surface area contributed by atoms with Crippen LogP contribution in [0.3, 0.4) is 0 Å². The molecule has 0 aliphatic heterocycles. The van der Waals surface area contributed by atoms with Crippen molar-refractivity contribution in [3.8, 4) is 0 Å². The van der Waals surface area contributed by atoms with E-state index in [2.05, 4.69) is 5.32 Å². The van der Waals surface area contributed by atoms with Crippen molar-refractivity contribution < 1.29 is 14.7 Å². The molecule has 4 nitrogen and oxygen atoms in total. The van der Waals surface area contributed by atoms with Gasteiger partial charge in [-0.1, -0.05) is 0 Å². The standard InChI is InChI=1S/C11H15NO3S2/c1-7-5-17-6-8(7)10(13)12-9(11(14)15)3-4-16-2/h5-6,9H,3-4H2,1-2H3,(H,12,13)(H,14,15)/t9-/m0/s1. The molecule has 0 saturated heterocycles. The molecule has 0 radical (unpaired) electrons. The van der Waals surface area contributed by atoms with Crippen molar-refractivity contribution in [3.05, 3.63) is 21.9 Å². The van der Waals surface area contributed by atoms with Gasteiger partial charge in [0.05, 0.1) is 5.56 Å². The summed E-state index contributed by atoms with van der Waals surface area (Å²) in [6, 6.07) is -0.811. The maximum absolute atomic E-state index is 11.8. The van der Waals surface area contributed by atoms with Crippen LogP contribution in [0.25, 0.3) is 0 Å². The molecule has 6 heteroatoms. The number of aliphatic carboxylic acids is 1. The lowest BCUT2D eigenvalue weighted by molar-refractivity contribution is -0.139. The van der Waals surface area contributed by atoms with Crippen molar-refractivity contribution in [2.75, 3.05) is 12.0 Å². The molecule has 0 spiro atoms. The maximum Gasteiger partial charge on any atom is 0.326 e. The Balaban J connectivity index is 2.64. The van der Waals surface area contributed by atoms with Crippen LogP contribution in [0.2, 0.25) is 0 Å². The molecule has 1 heterocycles. The van der Waals surface area contributed by atoms with Crippen molar-refractivity contribution in [1.29, 1.82) is 0 Å². The molecular formula is C11H15NO3S2. The molecular weight excluding hydrogens is 258 g/mol. The number of hydrogen-bond donors (Lipinski definition) is 2. The third kappa shape index (κ3) is 4.05. The molecule has 1 atom stereocenters. The topological polar surface area (TPSA) is 66.4 Å². The number of thioether (sulfide) groups is 1. The summed E-state index contributed by atoms with van der Waals surface area (Å²) in [7, 11) is 0. The van der Waals surface area contributed by atoms with Crippen molar-refractivity contribution in [2.24, 2.45) is 0 Å². The third-order valence-corrected chi connectivity index (χ3v) is 3.82. The molecule has 2 N–H and O–H groups in total. The smallest absolute Gasteiger partial charge is 0.326 e. The SMILES string of the molecule is CSCC[C@H](NC(=O)c1cscc1C)C(=O)O. The summed E-state index contributed by atoms with van der Waals surface area (Å²) >= 11 is 3.00. The predicted octanol–water partition coefficient (Wildman–Crippen LogP) is 1.99. The maximum atomic E-state index is 11.8. The zero-order valence-corrected chi connectivity index (χ0v) is 11.4. The molecule has 0 bridgehead atoms. The summed E-state index contributed by atoms with van der Waals surface area (Å²) in [5.74, 6) is -0.586. The normalized spacial score (nSPS) is 12.1. The van der Waals surface area contributed by atoms with Crippen molar-refractivity contribution in [3.63, 3.8) is 0 Å². The fourth-order valence-electron chi connectivity index (χ4n) is 1.32. The van der Waals surface area contributed by atoms with E-state index >= 15 is 0 Å². The first-order valence-corrected chi connectivity index (χ1v) is 7.45. The minimum Gasteiger partial charge on any atom is -0.480 e. The first-order valence-electron chi connectivity index (χ1n) is 5.11. The van der Waals surface area contributed by atoms with Crippen LogP contribution in [0.4, 0.5) is 0 Å². The van der Waals surface area contributed by atoms with Crippen LogP contribution in [-0.2, 0) is 4.79 Å². The van der Waals surface area contributed by atoms with Gasteiger partial charge in [-0.3, -0.25) is 4.79 Å². The lowest BCUT2D eigenvalue weighted by atomic mass is 10.1. The van der Waals surface area contributed by atoms with E-state index < -0.39 is 12.0 Å². The first kappa shape index (κ1) is 14.1. The Hall–Kier alpha value is -1.01. The van der Waals surface area contributed by atoms with Gasteiger partial charge in [0.1, 0.15) is 6.04 Å². The van der Waals surface area contributed by atoms with Crippen molar-refractivity contribution in [2.45, 2.75) is 19.4 Å². The van der Waals surface area contributed by atoms with E-state index in [4.69, 9.17) is 5.11 Å². The van der Waals surface area contributed by atoms with Crippen LogP contribution in [0, 0.1) is 6.92 Å². The Morgan fingerprint density at radius 3 is 2.71 bits per heavy atom. The van der Waals surface area contributed by atoms with Crippen LogP contribution in [-0.4, -0.2) is 35.0 Å². The third-order valence-electron chi connectivity index (χ3n) is 2.31. The highest BCUT2D eigenvalue weighted by molar-refractivity contribution is 7.98. The highest BCUT2D eigenvalue weighted by atomic mass is 32.2. The molecule has 0 aromatic carbocycles. The number of hydrogen-bond acceptors (Lipinski definition) is 4. The van der Waals surface area contributed by atoms with Crippen LogP contribution in [0.15, 0.2) is 10.8 Å². The highest BCUT2D eigenvalue weighted by Crippen LogP contribution is 2.14. The van der Waals surface area contributed by atoms with Gasteiger partial charge in [0.25, 0.3) is 5.91 Å². The van der Waals surface area contributed by atoms with Crippen LogP contribution < -0.4 is 5.32 Å². The Labute approximate surface area is 108 Å². The number of carbonyl (C=O) groups is 2. The van der Waals surface area contributed by atoms with Gasteiger partial charge < -0.3 is 10.4 Å². The number of rotatable bonds is 6. The monoisotopic (exact) mass is 273 g/mol. The molecule has 0 saturated carbocycles. The zero-order valence-electron chi connectivity index (χ0n) is 9.73. The second-order valence-electron chi connectivity index (χ2n) is 3.61. The van der Waals surface area contributed by atoms with E-state index in [9.17, 15) is 9.59 Å². The van der Waals surface area contributed by atoms with E-state index in [1.807, 2.05) is 18.6 Å². The molecule has 0 unspecified atom stereocenters. The first-order chi connectivity index (χ1) is 8.06. The fraction of sp³-hybridized carbons (Fsp3) is 0.455. The molecule has 1 aromatic rings. The number of thiophene rings is 1. The largest absolute Gasteiger partial charge is 0.480 e.